The molecule has 30 heavy (non-hydrogen) atoms. The average molecular weight is 409 g/mol. The Morgan fingerprint density at radius 3 is 2.53 bits per heavy atom. The maximum atomic E-state index is 12.9. The number of benzene rings is 2. The number of aromatic nitrogens is 1. The molecule has 1 heterocycles. The fourth-order valence-corrected chi connectivity index (χ4v) is 2.75. The van der Waals surface area contributed by atoms with Crippen molar-refractivity contribution in [2.75, 3.05) is 11.9 Å². The predicted octanol–water partition coefficient (Wildman–Crippen LogP) is 4.15. The van der Waals surface area contributed by atoms with Crippen LogP contribution in [0.3, 0.4) is 0 Å². The Labute approximate surface area is 172 Å². The summed E-state index contributed by atoms with van der Waals surface area (Å²) in [6, 6.07) is 14.0. The molecule has 154 valence electrons. The first-order chi connectivity index (χ1) is 14.4. The molecule has 0 aliphatic heterocycles. The summed E-state index contributed by atoms with van der Waals surface area (Å²) in [5, 5.41) is 13.8. The lowest BCUT2D eigenvalue weighted by Crippen LogP contribution is -2.13. The van der Waals surface area contributed by atoms with Crippen molar-refractivity contribution in [2.45, 2.75) is 6.92 Å². The molecule has 2 aromatic carbocycles. The van der Waals surface area contributed by atoms with Gasteiger partial charge in [0, 0.05) is 25.4 Å². The largest absolute Gasteiger partial charge is 0.461 e. The molecule has 0 saturated heterocycles. The monoisotopic (exact) mass is 409 g/mol. The normalized spacial score (nSPS) is 10.3. The zero-order valence-corrected chi connectivity index (χ0v) is 16.3. The lowest BCUT2D eigenvalue weighted by atomic mass is 10.1. The Morgan fingerprint density at radius 2 is 1.87 bits per heavy atom. The molecular weight excluding hydrogens is 390 g/mol. The van der Waals surface area contributed by atoms with Gasteiger partial charge in [-0.3, -0.25) is 14.9 Å². The Balaban J connectivity index is 1.90. The van der Waals surface area contributed by atoms with Crippen LogP contribution in [0.15, 0.2) is 60.8 Å². The van der Waals surface area contributed by atoms with E-state index in [0.29, 0.717) is 11.4 Å². The Bertz CT molecular complexity index is 1090. The first-order valence-corrected chi connectivity index (χ1v) is 9.05. The average Bonchev–Trinajstić information content (AvgIpc) is 3.09. The van der Waals surface area contributed by atoms with E-state index in [0.717, 1.165) is 6.07 Å². The Kier molecular flexibility index (Phi) is 6.11. The highest BCUT2D eigenvalue weighted by Crippen LogP contribution is 2.29. The second-order valence-electron chi connectivity index (χ2n) is 6.25. The second-order valence-corrected chi connectivity index (χ2v) is 6.25. The molecule has 3 rings (SSSR count). The minimum absolute atomic E-state index is 0.0189. The van der Waals surface area contributed by atoms with Crippen LogP contribution in [0, 0.1) is 10.1 Å². The molecule has 9 heteroatoms. The molecule has 0 spiro atoms. The van der Waals surface area contributed by atoms with Gasteiger partial charge in [0.2, 0.25) is 0 Å². The summed E-state index contributed by atoms with van der Waals surface area (Å²) in [7, 11) is 1.64. The van der Waals surface area contributed by atoms with Gasteiger partial charge < -0.3 is 19.4 Å². The molecule has 0 aliphatic carbocycles. The van der Waals surface area contributed by atoms with E-state index in [-0.39, 0.29) is 29.3 Å². The van der Waals surface area contributed by atoms with E-state index in [1.54, 1.807) is 44.4 Å². The molecule has 0 atom stereocenters. The molecule has 0 fully saturated rings. The minimum atomic E-state index is -0.620. The van der Waals surface area contributed by atoms with E-state index in [1.807, 2.05) is 6.07 Å². The number of hydrogen-bond acceptors (Lipinski definition) is 6. The highest BCUT2D eigenvalue weighted by molar-refractivity contribution is 6.07. The highest BCUT2D eigenvalue weighted by Gasteiger charge is 2.20. The number of nitrogens with one attached hydrogen (secondary N) is 1. The summed E-state index contributed by atoms with van der Waals surface area (Å²) in [6.07, 6.45) is 1.54. The van der Waals surface area contributed by atoms with Gasteiger partial charge in [0.1, 0.15) is 17.2 Å². The molecule has 9 nitrogen and oxygen atoms in total. The highest BCUT2D eigenvalue weighted by atomic mass is 16.6. The van der Waals surface area contributed by atoms with Gasteiger partial charge in [-0.2, -0.15) is 0 Å². The van der Waals surface area contributed by atoms with Gasteiger partial charge in [0.25, 0.3) is 11.6 Å². The number of amides is 1. The van der Waals surface area contributed by atoms with E-state index in [1.165, 1.54) is 22.8 Å². The van der Waals surface area contributed by atoms with Crippen molar-refractivity contribution in [1.82, 2.24) is 4.57 Å². The van der Waals surface area contributed by atoms with Gasteiger partial charge >= 0.3 is 5.97 Å². The second kappa shape index (κ2) is 8.91. The van der Waals surface area contributed by atoms with Crippen molar-refractivity contribution in [3.63, 3.8) is 0 Å². The van der Waals surface area contributed by atoms with Gasteiger partial charge in [-0.05, 0) is 31.2 Å². The zero-order chi connectivity index (χ0) is 21.7. The number of esters is 1. The maximum Gasteiger partial charge on any atom is 0.355 e. The molecule has 0 aliphatic rings. The predicted molar refractivity (Wildman–Crippen MR) is 109 cm³/mol. The van der Waals surface area contributed by atoms with Gasteiger partial charge in [-0.15, -0.1) is 0 Å². The summed E-state index contributed by atoms with van der Waals surface area (Å²) in [6.45, 7) is 1.92. The Morgan fingerprint density at radius 1 is 1.13 bits per heavy atom. The van der Waals surface area contributed by atoms with Gasteiger partial charge in [-0.25, -0.2) is 4.79 Å². The number of carbonyl (C=O) groups excluding carboxylic acids is 2. The molecule has 0 bridgehead atoms. The van der Waals surface area contributed by atoms with Crippen LogP contribution in [0.4, 0.5) is 11.4 Å². The van der Waals surface area contributed by atoms with E-state index in [9.17, 15) is 19.7 Å². The van der Waals surface area contributed by atoms with Crippen LogP contribution in [0.25, 0.3) is 0 Å². The summed E-state index contributed by atoms with van der Waals surface area (Å²) in [5.41, 5.74) is 0.324. The van der Waals surface area contributed by atoms with Crippen LogP contribution in [0.1, 0.15) is 27.8 Å². The summed E-state index contributed by atoms with van der Waals surface area (Å²) in [4.78, 5) is 35.4. The Hall–Kier alpha value is -4.14. The van der Waals surface area contributed by atoms with E-state index < -0.39 is 16.8 Å². The lowest BCUT2D eigenvalue weighted by Gasteiger charge is -2.11. The number of ether oxygens (including phenoxy) is 2. The molecule has 0 radical (unpaired) electrons. The maximum absolute atomic E-state index is 12.9. The first-order valence-electron chi connectivity index (χ1n) is 9.05. The smallest absolute Gasteiger partial charge is 0.355 e. The standard InChI is InChI=1S/C21H19N3O6/c1-3-29-21(26)18-11-14(13-23(18)2)22-20(25)17-12-15(24(27)28)9-10-19(17)30-16-7-5-4-6-8-16/h4-13H,3H2,1-2H3,(H,22,25). The third-order valence-corrected chi connectivity index (χ3v) is 4.14. The number of para-hydroxylation sites is 1. The molecule has 1 aromatic heterocycles. The molecular formula is C21H19N3O6. The van der Waals surface area contributed by atoms with Crippen molar-refractivity contribution >= 4 is 23.3 Å². The summed E-state index contributed by atoms with van der Waals surface area (Å²) < 4.78 is 12.2. The zero-order valence-electron chi connectivity index (χ0n) is 16.3. The number of hydrogen-bond donors (Lipinski definition) is 1. The van der Waals surface area contributed by atoms with Crippen LogP contribution in [0.2, 0.25) is 0 Å². The minimum Gasteiger partial charge on any atom is -0.461 e. The topological polar surface area (TPSA) is 113 Å². The van der Waals surface area contributed by atoms with Crippen molar-refractivity contribution in [3.05, 3.63) is 82.2 Å². The SMILES string of the molecule is CCOC(=O)c1cc(NC(=O)c2cc([N+](=O)[O-])ccc2Oc2ccccc2)cn1C. The first kappa shape index (κ1) is 20.6. The number of non-ortho nitro benzene ring substituents is 1. The number of anilines is 1. The van der Waals surface area contributed by atoms with Crippen LogP contribution in [-0.2, 0) is 11.8 Å². The van der Waals surface area contributed by atoms with E-state index in [2.05, 4.69) is 5.32 Å². The van der Waals surface area contributed by atoms with Crippen LogP contribution in [-0.4, -0.2) is 28.0 Å². The number of nitro benzene ring substituents is 1. The molecule has 3 aromatic rings. The van der Waals surface area contributed by atoms with E-state index in [4.69, 9.17) is 9.47 Å². The van der Waals surface area contributed by atoms with Gasteiger partial charge in [-0.1, -0.05) is 18.2 Å². The number of aryl methyl sites for hydroxylation is 1. The van der Waals surface area contributed by atoms with E-state index >= 15 is 0 Å². The quantitative estimate of drug-likeness (QED) is 0.356. The van der Waals surface area contributed by atoms with Crippen molar-refractivity contribution in [2.24, 2.45) is 7.05 Å². The van der Waals surface area contributed by atoms with Crippen molar-refractivity contribution < 1.29 is 24.0 Å². The number of nitrogens with zero attached hydrogens (tertiary/aromatic N) is 2. The molecule has 0 saturated carbocycles. The third kappa shape index (κ3) is 4.64. The molecule has 1 N–H and O–H groups in total. The number of nitro groups is 1. The molecule has 0 unspecified atom stereocenters. The lowest BCUT2D eigenvalue weighted by molar-refractivity contribution is -0.384. The fraction of sp³-hybridized carbons (Fsp3) is 0.143. The summed E-state index contributed by atoms with van der Waals surface area (Å²) in [5.74, 6) is -0.509. The van der Waals surface area contributed by atoms with Crippen molar-refractivity contribution in [3.8, 4) is 11.5 Å². The van der Waals surface area contributed by atoms with Gasteiger partial charge in [0.15, 0.2) is 0 Å². The third-order valence-electron chi connectivity index (χ3n) is 4.14. The van der Waals surface area contributed by atoms with Crippen LogP contribution < -0.4 is 10.1 Å². The van der Waals surface area contributed by atoms with Crippen LogP contribution in [0.5, 0.6) is 11.5 Å². The number of carbonyl (C=O) groups is 2. The van der Waals surface area contributed by atoms with Gasteiger partial charge in [0.05, 0.1) is 22.8 Å². The fourth-order valence-electron chi connectivity index (χ4n) is 2.75. The number of rotatable bonds is 7. The van der Waals surface area contributed by atoms with Crippen LogP contribution >= 0.6 is 0 Å². The van der Waals surface area contributed by atoms with Crippen molar-refractivity contribution in [1.29, 1.82) is 0 Å². The molecule has 1 amide bonds. The summed E-state index contributed by atoms with van der Waals surface area (Å²) >= 11 is 0.